The van der Waals surface area contributed by atoms with E-state index in [9.17, 15) is 4.79 Å². The molecular weight excluding hydrogens is 342 g/mol. The Kier molecular flexibility index (Phi) is 9.28. The van der Waals surface area contributed by atoms with Crippen LogP contribution in [-0.2, 0) is 4.74 Å². The van der Waals surface area contributed by atoms with Crippen molar-refractivity contribution in [1.82, 2.24) is 4.90 Å². The van der Waals surface area contributed by atoms with Crippen LogP contribution < -0.4 is 0 Å². The van der Waals surface area contributed by atoms with Gasteiger partial charge >= 0.3 is 6.09 Å². The van der Waals surface area contributed by atoms with E-state index in [1.807, 2.05) is 43.5 Å². The summed E-state index contributed by atoms with van der Waals surface area (Å²) in [6.07, 6.45) is 7.66. The lowest BCUT2D eigenvalue weighted by molar-refractivity contribution is 0.0180. The van der Waals surface area contributed by atoms with Crippen LogP contribution in [-0.4, -0.2) is 35.4 Å². The summed E-state index contributed by atoms with van der Waals surface area (Å²) >= 11 is 7.61. The maximum Gasteiger partial charge on any atom is 0.410 e. The van der Waals surface area contributed by atoms with Crippen LogP contribution in [0, 0.1) is 5.92 Å². The molecule has 0 bridgehead atoms. The molecule has 0 aliphatic carbocycles. The molecule has 0 atom stereocenters. The van der Waals surface area contributed by atoms with Crippen LogP contribution in [0.1, 0.15) is 59.8 Å². The molecule has 1 aliphatic rings. The summed E-state index contributed by atoms with van der Waals surface area (Å²) in [5.74, 6) is 1.87. The summed E-state index contributed by atoms with van der Waals surface area (Å²) in [7, 11) is 0. The molecule has 138 valence electrons. The third kappa shape index (κ3) is 9.63. The van der Waals surface area contributed by atoms with Gasteiger partial charge in [-0.3, -0.25) is 0 Å². The molecule has 0 spiro atoms. The molecule has 24 heavy (non-hydrogen) atoms. The molecule has 0 unspecified atom stereocenters. The van der Waals surface area contributed by atoms with Gasteiger partial charge in [-0.15, -0.1) is 11.8 Å². The second-order valence-corrected chi connectivity index (χ2v) is 9.28. The fraction of sp³-hybridized carbons (Fsp3) is 0.737. The van der Waals surface area contributed by atoms with Crippen molar-refractivity contribution in [2.24, 2.45) is 5.92 Å². The molecule has 1 amide bonds. The SMILES string of the molecule is C=C(Cl)/C=C(\C)SCCCCC1CCN(C(=O)OC(C)(C)C)CC1. The predicted octanol–water partition coefficient (Wildman–Crippen LogP) is 6.19. The highest BCUT2D eigenvalue weighted by Gasteiger charge is 2.26. The molecule has 5 heteroatoms. The largest absolute Gasteiger partial charge is 0.444 e. The number of ether oxygens (including phenoxy) is 1. The molecule has 1 saturated heterocycles. The summed E-state index contributed by atoms with van der Waals surface area (Å²) in [5, 5.41) is 0.594. The first-order valence-electron chi connectivity index (χ1n) is 8.81. The molecule has 1 heterocycles. The zero-order valence-corrected chi connectivity index (χ0v) is 17.1. The van der Waals surface area contributed by atoms with E-state index in [1.165, 1.54) is 24.2 Å². The average molecular weight is 374 g/mol. The molecule has 0 N–H and O–H groups in total. The second-order valence-electron chi connectivity index (χ2n) is 7.46. The van der Waals surface area contributed by atoms with Crippen LogP contribution in [0.15, 0.2) is 22.6 Å². The van der Waals surface area contributed by atoms with Crippen molar-refractivity contribution in [1.29, 1.82) is 0 Å². The Labute approximate surface area is 156 Å². The number of hydrogen-bond acceptors (Lipinski definition) is 3. The second kappa shape index (κ2) is 10.4. The van der Waals surface area contributed by atoms with Crippen molar-refractivity contribution in [3.05, 3.63) is 22.6 Å². The Morgan fingerprint density at radius 3 is 2.50 bits per heavy atom. The van der Waals surface area contributed by atoms with E-state index in [0.29, 0.717) is 5.03 Å². The van der Waals surface area contributed by atoms with E-state index in [4.69, 9.17) is 16.3 Å². The summed E-state index contributed by atoms with van der Waals surface area (Å²) < 4.78 is 5.44. The van der Waals surface area contributed by atoms with Crippen molar-refractivity contribution in [3.63, 3.8) is 0 Å². The number of carbonyl (C=O) groups excluding carboxylic acids is 1. The lowest BCUT2D eigenvalue weighted by atomic mass is 9.92. The van der Waals surface area contributed by atoms with Crippen molar-refractivity contribution in [2.45, 2.75) is 65.4 Å². The Morgan fingerprint density at radius 1 is 1.33 bits per heavy atom. The number of amides is 1. The summed E-state index contributed by atoms with van der Waals surface area (Å²) in [6.45, 7) is 13.1. The number of halogens is 1. The number of unbranched alkanes of at least 4 members (excludes halogenated alkanes) is 1. The zero-order chi connectivity index (χ0) is 18.2. The van der Waals surface area contributed by atoms with E-state index in [2.05, 4.69) is 13.5 Å². The molecule has 1 aliphatic heterocycles. The van der Waals surface area contributed by atoms with Crippen molar-refractivity contribution >= 4 is 29.5 Å². The molecular formula is C19H32ClNO2S. The third-order valence-corrected chi connectivity index (χ3v) is 5.14. The molecule has 0 saturated carbocycles. The van der Waals surface area contributed by atoms with E-state index in [1.54, 1.807) is 0 Å². The first-order valence-corrected chi connectivity index (χ1v) is 10.2. The number of rotatable bonds is 7. The average Bonchev–Trinajstić information content (AvgIpc) is 2.45. The number of likely N-dealkylation sites (tertiary alicyclic amines) is 1. The van der Waals surface area contributed by atoms with Gasteiger partial charge in [0, 0.05) is 18.1 Å². The summed E-state index contributed by atoms with van der Waals surface area (Å²) in [4.78, 5) is 15.1. The van der Waals surface area contributed by atoms with Crippen molar-refractivity contribution < 1.29 is 9.53 Å². The van der Waals surface area contributed by atoms with Crippen LogP contribution in [0.5, 0.6) is 0 Å². The predicted molar refractivity (Wildman–Crippen MR) is 106 cm³/mol. The van der Waals surface area contributed by atoms with Gasteiger partial charge in [0.25, 0.3) is 0 Å². The van der Waals surface area contributed by atoms with Crippen LogP contribution in [0.2, 0.25) is 0 Å². The van der Waals surface area contributed by atoms with Crippen molar-refractivity contribution in [3.8, 4) is 0 Å². The quantitative estimate of drug-likeness (QED) is 0.393. The fourth-order valence-electron chi connectivity index (χ4n) is 2.76. The number of hydrogen-bond donors (Lipinski definition) is 0. The van der Waals surface area contributed by atoms with Gasteiger partial charge in [-0.2, -0.15) is 0 Å². The standard InChI is InChI=1S/C19H32ClNO2S/c1-15(20)14-16(2)24-13-7-6-8-17-9-11-21(12-10-17)18(22)23-19(3,4)5/h14,17H,1,6-13H2,2-5H3/b16-14+. The first-order chi connectivity index (χ1) is 11.2. The molecule has 1 fully saturated rings. The topological polar surface area (TPSA) is 29.5 Å². The Bertz CT molecular complexity index is 449. The fourth-order valence-corrected chi connectivity index (χ4v) is 3.89. The minimum Gasteiger partial charge on any atom is -0.444 e. The van der Waals surface area contributed by atoms with Gasteiger partial charge in [0.05, 0.1) is 0 Å². The van der Waals surface area contributed by atoms with Crippen LogP contribution in [0.25, 0.3) is 0 Å². The molecule has 0 aromatic heterocycles. The van der Waals surface area contributed by atoms with Crippen LogP contribution in [0.3, 0.4) is 0 Å². The van der Waals surface area contributed by atoms with Gasteiger partial charge in [-0.05, 0) is 69.6 Å². The van der Waals surface area contributed by atoms with Crippen LogP contribution >= 0.6 is 23.4 Å². The van der Waals surface area contributed by atoms with Gasteiger partial charge in [0.2, 0.25) is 0 Å². The minimum atomic E-state index is -0.409. The van der Waals surface area contributed by atoms with Gasteiger partial charge in [0.15, 0.2) is 0 Å². The maximum atomic E-state index is 12.0. The number of carbonyl (C=O) groups is 1. The molecule has 1 rings (SSSR count). The molecule has 0 radical (unpaired) electrons. The minimum absolute atomic E-state index is 0.166. The van der Waals surface area contributed by atoms with Gasteiger partial charge in [-0.25, -0.2) is 4.79 Å². The first kappa shape index (κ1) is 21.4. The third-order valence-electron chi connectivity index (χ3n) is 3.96. The highest BCUT2D eigenvalue weighted by atomic mass is 35.5. The lowest BCUT2D eigenvalue weighted by Gasteiger charge is -2.33. The monoisotopic (exact) mass is 373 g/mol. The lowest BCUT2D eigenvalue weighted by Crippen LogP contribution is -2.41. The van der Waals surface area contributed by atoms with Crippen LogP contribution in [0.4, 0.5) is 4.79 Å². The summed E-state index contributed by atoms with van der Waals surface area (Å²) in [6, 6.07) is 0. The maximum absolute atomic E-state index is 12.0. The highest BCUT2D eigenvalue weighted by Crippen LogP contribution is 2.25. The van der Waals surface area contributed by atoms with Gasteiger partial charge in [-0.1, -0.05) is 31.0 Å². The number of allylic oxidation sites excluding steroid dienone is 3. The highest BCUT2D eigenvalue weighted by molar-refractivity contribution is 8.03. The van der Waals surface area contributed by atoms with E-state index in [-0.39, 0.29) is 6.09 Å². The number of piperidine rings is 1. The number of nitrogens with zero attached hydrogens (tertiary/aromatic N) is 1. The molecule has 0 aromatic rings. The van der Waals surface area contributed by atoms with Crippen molar-refractivity contribution in [2.75, 3.05) is 18.8 Å². The van der Waals surface area contributed by atoms with E-state index >= 15 is 0 Å². The van der Waals surface area contributed by atoms with Gasteiger partial charge in [0.1, 0.15) is 5.60 Å². The summed E-state index contributed by atoms with van der Waals surface area (Å²) in [5.41, 5.74) is -0.409. The Morgan fingerprint density at radius 2 is 1.96 bits per heavy atom. The van der Waals surface area contributed by atoms with E-state index < -0.39 is 5.60 Å². The Balaban J connectivity index is 2.14. The molecule has 0 aromatic carbocycles. The zero-order valence-electron chi connectivity index (χ0n) is 15.6. The smallest absolute Gasteiger partial charge is 0.410 e. The van der Waals surface area contributed by atoms with Gasteiger partial charge < -0.3 is 9.64 Å². The van der Waals surface area contributed by atoms with E-state index in [0.717, 1.165) is 37.6 Å². The normalized spacial score (nSPS) is 17.0. The Hall–Kier alpha value is -0.610. The number of thioether (sulfide) groups is 1. The molecule has 3 nitrogen and oxygen atoms in total.